The highest BCUT2D eigenvalue weighted by Crippen LogP contribution is 2.15. The summed E-state index contributed by atoms with van der Waals surface area (Å²) in [6.45, 7) is 6.89. The summed E-state index contributed by atoms with van der Waals surface area (Å²) in [6, 6.07) is 7.27. The van der Waals surface area contributed by atoms with Crippen LogP contribution in [0.2, 0.25) is 0 Å². The molecule has 1 saturated heterocycles. The molecule has 0 saturated carbocycles. The molecule has 2 rings (SSSR count). The van der Waals surface area contributed by atoms with Gasteiger partial charge in [-0.05, 0) is 26.0 Å². The molecule has 1 aliphatic heterocycles. The molecule has 22 heavy (non-hydrogen) atoms. The van der Waals surface area contributed by atoms with Crippen molar-refractivity contribution < 1.29 is 9.59 Å². The minimum atomic E-state index is -0.0376. The van der Waals surface area contributed by atoms with Crippen LogP contribution >= 0.6 is 0 Å². The summed E-state index contributed by atoms with van der Waals surface area (Å²) in [5, 5.41) is 2.88. The minimum Gasteiger partial charge on any atom is -0.398 e. The van der Waals surface area contributed by atoms with Crippen LogP contribution in [-0.4, -0.2) is 60.4 Å². The predicted molar refractivity (Wildman–Crippen MR) is 86.5 cm³/mol. The minimum absolute atomic E-state index is 0.0297. The van der Waals surface area contributed by atoms with Gasteiger partial charge in [0.1, 0.15) is 0 Å². The monoisotopic (exact) mass is 304 g/mol. The molecule has 1 fully saturated rings. The largest absolute Gasteiger partial charge is 0.398 e. The Kier molecular flexibility index (Phi) is 5.38. The number of para-hydroxylation sites is 1. The van der Waals surface area contributed by atoms with E-state index in [2.05, 4.69) is 10.2 Å². The van der Waals surface area contributed by atoms with Gasteiger partial charge in [0.15, 0.2) is 0 Å². The number of anilines is 1. The van der Waals surface area contributed by atoms with Crippen molar-refractivity contribution in [2.24, 2.45) is 0 Å². The third kappa shape index (κ3) is 4.21. The Hall–Kier alpha value is -2.08. The highest BCUT2D eigenvalue weighted by atomic mass is 16.2. The molecule has 1 aromatic rings. The van der Waals surface area contributed by atoms with Crippen molar-refractivity contribution in [1.82, 2.24) is 15.1 Å². The quantitative estimate of drug-likeness (QED) is 0.796. The second-order valence-corrected chi connectivity index (χ2v) is 5.88. The number of nitrogen functional groups attached to an aromatic ring is 1. The van der Waals surface area contributed by atoms with Crippen LogP contribution in [0.15, 0.2) is 24.3 Å². The standard InChI is InChI=1S/C16H24N4O2/c1-12(2)18-15(21)11-19-7-9-20(10-8-19)16(22)13-5-3-4-6-14(13)17/h3-6,12H,7-11,17H2,1-2H3,(H,18,21). The average Bonchev–Trinajstić information content (AvgIpc) is 2.47. The first-order valence-corrected chi connectivity index (χ1v) is 7.63. The van der Waals surface area contributed by atoms with Gasteiger partial charge in [-0.25, -0.2) is 0 Å². The Morgan fingerprint density at radius 2 is 1.82 bits per heavy atom. The van der Waals surface area contributed by atoms with Crippen LogP contribution in [0.3, 0.4) is 0 Å². The van der Waals surface area contributed by atoms with E-state index in [-0.39, 0.29) is 17.9 Å². The molecule has 0 aromatic heterocycles. The number of nitrogens with two attached hydrogens (primary N) is 1. The van der Waals surface area contributed by atoms with Gasteiger partial charge in [0, 0.05) is 37.9 Å². The first-order chi connectivity index (χ1) is 10.5. The molecule has 0 spiro atoms. The lowest BCUT2D eigenvalue weighted by Crippen LogP contribution is -2.51. The molecule has 2 amide bonds. The maximum atomic E-state index is 12.4. The number of nitrogens with one attached hydrogen (secondary N) is 1. The van der Waals surface area contributed by atoms with Gasteiger partial charge in [0.05, 0.1) is 12.1 Å². The number of hydrogen-bond donors (Lipinski definition) is 2. The zero-order valence-corrected chi connectivity index (χ0v) is 13.2. The van der Waals surface area contributed by atoms with Crippen molar-refractivity contribution in [3.63, 3.8) is 0 Å². The molecule has 0 aliphatic carbocycles. The number of nitrogens with zero attached hydrogens (tertiary/aromatic N) is 2. The van der Waals surface area contributed by atoms with Gasteiger partial charge in [0.2, 0.25) is 5.91 Å². The topological polar surface area (TPSA) is 78.7 Å². The number of carbonyl (C=O) groups is 2. The molecule has 3 N–H and O–H groups in total. The number of rotatable bonds is 4. The normalized spacial score (nSPS) is 15.9. The smallest absolute Gasteiger partial charge is 0.256 e. The van der Waals surface area contributed by atoms with E-state index in [9.17, 15) is 9.59 Å². The maximum Gasteiger partial charge on any atom is 0.256 e. The Bertz CT molecular complexity index is 537. The third-order valence-electron chi connectivity index (χ3n) is 3.67. The Morgan fingerprint density at radius 1 is 1.18 bits per heavy atom. The van der Waals surface area contributed by atoms with Crippen molar-refractivity contribution >= 4 is 17.5 Å². The number of amides is 2. The molecule has 6 nitrogen and oxygen atoms in total. The second-order valence-electron chi connectivity index (χ2n) is 5.88. The summed E-state index contributed by atoms with van der Waals surface area (Å²) < 4.78 is 0. The van der Waals surface area contributed by atoms with Crippen LogP contribution < -0.4 is 11.1 Å². The van der Waals surface area contributed by atoms with E-state index in [1.165, 1.54) is 0 Å². The van der Waals surface area contributed by atoms with Crippen LogP contribution in [0.5, 0.6) is 0 Å². The van der Waals surface area contributed by atoms with Crippen LogP contribution in [0, 0.1) is 0 Å². The van der Waals surface area contributed by atoms with Crippen molar-refractivity contribution in [1.29, 1.82) is 0 Å². The molecule has 0 radical (unpaired) electrons. The first-order valence-electron chi connectivity index (χ1n) is 7.63. The summed E-state index contributed by atoms with van der Waals surface area (Å²) in [4.78, 5) is 28.1. The van der Waals surface area contributed by atoms with Gasteiger partial charge in [-0.3, -0.25) is 14.5 Å². The third-order valence-corrected chi connectivity index (χ3v) is 3.67. The maximum absolute atomic E-state index is 12.4. The van der Waals surface area contributed by atoms with E-state index < -0.39 is 0 Å². The first kappa shape index (κ1) is 16.3. The lowest BCUT2D eigenvalue weighted by molar-refractivity contribution is -0.123. The highest BCUT2D eigenvalue weighted by molar-refractivity contribution is 5.99. The van der Waals surface area contributed by atoms with Crippen LogP contribution in [0.25, 0.3) is 0 Å². The van der Waals surface area contributed by atoms with Crippen LogP contribution in [0.1, 0.15) is 24.2 Å². The molecule has 0 bridgehead atoms. The number of hydrogen-bond acceptors (Lipinski definition) is 4. The van der Waals surface area contributed by atoms with Crippen molar-refractivity contribution in [3.05, 3.63) is 29.8 Å². The van der Waals surface area contributed by atoms with Crippen LogP contribution in [0.4, 0.5) is 5.69 Å². The van der Waals surface area contributed by atoms with Gasteiger partial charge >= 0.3 is 0 Å². The second kappa shape index (κ2) is 7.26. The van der Waals surface area contributed by atoms with E-state index in [4.69, 9.17) is 5.73 Å². The molecule has 1 aromatic carbocycles. The van der Waals surface area contributed by atoms with Crippen molar-refractivity contribution in [2.75, 3.05) is 38.5 Å². The molecule has 6 heteroatoms. The lowest BCUT2D eigenvalue weighted by Gasteiger charge is -2.34. The van der Waals surface area contributed by atoms with Crippen LogP contribution in [-0.2, 0) is 4.79 Å². The van der Waals surface area contributed by atoms with Gasteiger partial charge in [-0.1, -0.05) is 12.1 Å². The summed E-state index contributed by atoms with van der Waals surface area (Å²) in [5.74, 6) is -0.00791. The van der Waals surface area contributed by atoms with E-state index in [1.807, 2.05) is 26.0 Å². The number of carbonyl (C=O) groups excluding carboxylic acids is 2. The fourth-order valence-corrected chi connectivity index (χ4v) is 2.54. The zero-order chi connectivity index (χ0) is 16.1. The Balaban J connectivity index is 1.86. The molecule has 1 heterocycles. The molecular formula is C16H24N4O2. The predicted octanol–water partition coefficient (Wildman–Crippen LogP) is 0.551. The molecule has 0 unspecified atom stereocenters. The number of benzene rings is 1. The highest BCUT2D eigenvalue weighted by Gasteiger charge is 2.24. The van der Waals surface area contributed by atoms with Gasteiger partial charge in [-0.2, -0.15) is 0 Å². The van der Waals surface area contributed by atoms with Gasteiger partial charge < -0.3 is 16.0 Å². The average molecular weight is 304 g/mol. The van der Waals surface area contributed by atoms with Gasteiger partial charge in [0.25, 0.3) is 5.91 Å². The SMILES string of the molecule is CC(C)NC(=O)CN1CCN(C(=O)c2ccccc2N)CC1. The summed E-state index contributed by atoms with van der Waals surface area (Å²) in [7, 11) is 0. The number of piperazine rings is 1. The Labute approximate surface area is 131 Å². The molecule has 0 atom stereocenters. The Morgan fingerprint density at radius 3 is 2.41 bits per heavy atom. The summed E-state index contributed by atoms with van der Waals surface area (Å²) in [5.41, 5.74) is 6.91. The molecule has 1 aliphatic rings. The van der Waals surface area contributed by atoms with E-state index in [1.54, 1.807) is 17.0 Å². The molecule has 120 valence electrons. The lowest BCUT2D eigenvalue weighted by atomic mass is 10.1. The van der Waals surface area contributed by atoms with E-state index in [0.717, 1.165) is 0 Å². The fraction of sp³-hybridized carbons (Fsp3) is 0.500. The van der Waals surface area contributed by atoms with Crippen molar-refractivity contribution in [3.8, 4) is 0 Å². The van der Waals surface area contributed by atoms with Crippen molar-refractivity contribution in [2.45, 2.75) is 19.9 Å². The zero-order valence-electron chi connectivity index (χ0n) is 13.2. The van der Waals surface area contributed by atoms with E-state index in [0.29, 0.717) is 44.0 Å². The summed E-state index contributed by atoms with van der Waals surface area (Å²) >= 11 is 0. The fourth-order valence-electron chi connectivity index (χ4n) is 2.54. The van der Waals surface area contributed by atoms with E-state index >= 15 is 0 Å². The molecular weight excluding hydrogens is 280 g/mol. The summed E-state index contributed by atoms with van der Waals surface area (Å²) in [6.07, 6.45) is 0. The van der Waals surface area contributed by atoms with Gasteiger partial charge in [-0.15, -0.1) is 0 Å².